The SMILES string of the molecule is NCC1(CNS(=O)(=O)C2CCCC2)CCCCC1. The molecule has 0 aliphatic heterocycles. The van der Waals surface area contributed by atoms with Crippen molar-refractivity contribution >= 4 is 10.0 Å². The largest absolute Gasteiger partial charge is 0.330 e. The molecule has 0 unspecified atom stereocenters. The standard InChI is InChI=1S/C13H26N2O2S/c14-10-13(8-4-1-5-9-13)11-15-18(16,17)12-6-2-3-7-12/h12,15H,1-11,14H2. The molecule has 4 nitrogen and oxygen atoms in total. The predicted molar refractivity (Wildman–Crippen MR) is 73.8 cm³/mol. The van der Waals surface area contributed by atoms with Gasteiger partial charge in [-0.2, -0.15) is 0 Å². The highest BCUT2D eigenvalue weighted by Crippen LogP contribution is 2.35. The van der Waals surface area contributed by atoms with Crippen LogP contribution in [0.4, 0.5) is 0 Å². The van der Waals surface area contributed by atoms with Crippen molar-refractivity contribution in [1.82, 2.24) is 4.72 Å². The van der Waals surface area contributed by atoms with Gasteiger partial charge in [-0.1, -0.05) is 32.1 Å². The first-order valence-corrected chi connectivity index (χ1v) is 8.81. The Morgan fingerprint density at radius 2 is 1.67 bits per heavy atom. The molecule has 2 aliphatic rings. The molecule has 2 rings (SSSR count). The van der Waals surface area contributed by atoms with Crippen LogP contribution in [-0.4, -0.2) is 26.8 Å². The van der Waals surface area contributed by atoms with Gasteiger partial charge in [0, 0.05) is 6.54 Å². The Labute approximate surface area is 111 Å². The van der Waals surface area contributed by atoms with Crippen LogP contribution in [0.5, 0.6) is 0 Å². The summed E-state index contributed by atoms with van der Waals surface area (Å²) in [4.78, 5) is 0. The molecular formula is C13H26N2O2S. The quantitative estimate of drug-likeness (QED) is 0.802. The molecule has 106 valence electrons. The Hall–Kier alpha value is -0.130. The van der Waals surface area contributed by atoms with Crippen LogP contribution >= 0.6 is 0 Å². The monoisotopic (exact) mass is 274 g/mol. The van der Waals surface area contributed by atoms with E-state index in [-0.39, 0.29) is 10.7 Å². The first kappa shape index (κ1) is 14.3. The smallest absolute Gasteiger partial charge is 0.214 e. The van der Waals surface area contributed by atoms with Gasteiger partial charge in [0.15, 0.2) is 0 Å². The number of rotatable bonds is 5. The lowest BCUT2D eigenvalue weighted by Crippen LogP contribution is -2.45. The molecule has 5 heteroatoms. The molecule has 0 spiro atoms. The average Bonchev–Trinajstić information content (AvgIpc) is 2.92. The first-order valence-electron chi connectivity index (χ1n) is 7.27. The van der Waals surface area contributed by atoms with Gasteiger partial charge in [0.25, 0.3) is 0 Å². The summed E-state index contributed by atoms with van der Waals surface area (Å²) < 4.78 is 27.2. The van der Waals surface area contributed by atoms with Crippen LogP contribution in [0.3, 0.4) is 0 Å². The van der Waals surface area contributed by atoms with E-state index in [1.165, 1.54) is 19.3 Å². The zero-order valence-corrected chi connectivity index (χ0v) is 12.0. The van der Waals surface area contributed by atoms with Gasteiger partial charge in [-0.15, -0.1) is 0 Å². The normalized spacial score (nSPS) is 25.4. The summed E-state index contributed by atoms with van der Waals surface area (Å²) in [5.41, 5.74) is 5.90. The minimum atomic E-state index is -3.11. The van der Waals surface area contributed by atoms with E-state index < -0.39 is 10.0 Å². The number of nitrogens with two attached hydrogens (primary N) is 1. The van der Waals surface area contributed by atoms with E-state index in [1.54, 1.807) is 0 Å². The molecule has 0 aromatic heterocycles. The van der Waals surface area contributed by atoms with E-state index in [0.29, 0.717) is 13.1 Å². The third kappa shape index (κ3) is 3.25. The average molecular weight is 274 g/mol. The van der Waals surface area contributed by atoms with Gasteiger partial charge < -0.3 is 5.73 Å². The van der Waals surface area contributed by atoms with Crippen LogP contribution in [0.15, 0.2) is 0 Å². The lowest BCUT2D eigenvalue weighted by molar-refractivity contribution is 0.201. The summed E-state index contributed by atoms with van der Waals surface area (Å²) in [6, 6.07) is 0. The molecule has 0 aromatic carbocycles. The third-order valence-electron chi connectivity index (χ3n) is 4.74. The van der Waals surface area contributed by atoms with Gasteiger partial charge in [-0.3, -0.25) is 0 Å². The van der Waals surface area contributed by atoms with Crippen LogP contribution in [0, 0.1) is 5.41 Å². The van der Waals surface area contributed by atoms with Gasteiger partial charge in [-0.05, 0) is 37.6 Å². The van der Waals surface area contributed by atoms with Gasteiger partial charge in [0.1, 0.15) is 0 Å². The zero-order valence-electron chi connectivity index (χ0n) is 11.2. The molecule has 2 aliphatic carbocycles. The maximum atomic E-state index is 12.2. The Morgan fingerprint density at radius 1 is 1.06 bits per heavy atom. The van der Waals surface area contributed by atoms with Crippen LogP contribution in [-0.2, 0) is 10.0 Å². The predicted octanol–water partition coefficient (Wildman–Crippen LogP) is 1.76. The van der Waals surface area contributed by atoms with Gasteiger partial charge in [0.2, 0.25) is 10.0 Å². The van der Waals surface area contributed by atoms with Crippen molar-refractivity contribution in [3.05, 3.63) is 0 Å². The highest BCUT2D eigenvalue weighted by atomic mass is 32.2. The number of hydrogen-bond donors (Lipinski definition) is 2. The van der Waals surface area contributed by atoms with E-state index in [2.05, 4.69) is 4.72 Å². The highest BCUT2D eigenvalue weighted by Gasteiger charge is 2.34. The maximum Gasteiger partial charge on any atom is 0.214 e. The highest BCUT2D eigenvalue weighted by molar-refractivity contribution is 7.90. The summed E-state index contributed by atoms with van der Waals surface area (Å²) in [6.45, 7) is 1.14. The molecule has 0 radical (unpaired) electrons. The van der Waals surface area contributed by atoms with E-state index >= 15 is 0 Å². The Bertz CT molecular complexity index is 355. The molecule has 18 heavy (non-hydrogen) atoms. The molecule has 0 bridgehead atoms. The van der Waals surface area contributed by atoms with E-state index in [9.17, 15) is 8.42 Å². The van der Waals surface area contributed by atoms with Gasteiger partial charge in [0.05, 0.1) is 5.25 Å². The third-order valence-corrected chi connectivity index (χ3v) is 6.63. The van der Waals surface area contributed by atoms with Crippen molar-refractivity contribution in [1.29, 1.82) is 0 Å². The van der Waals surface area contributed by atoms with Gasteiger partial charge >= 0.3 is 0 Å². The van der Waals surface area contributed by atoms with Crippen molar-refractivity contribution in [2.45, 2.75) is 63.0 Å². The topological polar surface area (TPSA) is 72.2 Å². The van der Waals surface area contributed by atoms with Crippen molar-refractivity contribution < 1.29 is 8.42 Å². The lowest BCUT2D eigenvalue weighted by Gasteiger charge is -2.36. The molecule has 0 saturated heterocycles. The summed E-state index contributed by atoms with van der Waals surface area (Å²) in [7, 11) is -3.11. The molecule has 2 fully saturated rings. The molecule has 3 N–H and O–H groups in total. The van der Waals surface area contributed by atoms with Crippen molar-refractivity contribution in [2.24, 2.45) is 11.1 Å². The Balaban J connectivity index is 1.92. The van der Waals surface area contributed by atoms with E-state index in [4.69, 9.17) is 5.73 Å². The fourth-order valence-electron chi connectivity index (χ4n) is 3.33. The summed E-state index contributed by atoms with van der Waals surface area (Å²) in [5, 5.41) is -0.157. The van der Waals surface area contributed by atoms with E-state index in [1.807, 2.05) is 0 Å². The zero-order chi connectivity index (χ0) is 13.1. The molecule has 2 saturated carbocycles. The molecule has 0 atom stereocenters. The summed E-state index contributed by atoms with van der Waals surface area (Å²) in [6.07, 6.45) is 9.51. The minimum absolute atomic E-state index is 0.0178. The van der Waals surface area contributed by atoms with Crippen molar-refractivity contribution in [3.63, 3.8) is 0 Å². The first-order chi connectivity index (χ1) is 8.58. The second-order valence-electron chi connectivity index (χ2n) is 6.04. The molecule has 0 heterocycles. The molecule has 0 aromatic rings. The molecular weight excluding hydrogens is 248 g/mol. The summed E-state index contributed by atoms with van der Waals surface area (Å²) in [5.74, 6) is 0. The summed E-state index contributed by atoms with van der Waals surface area (Å²) >= 11 is 0. The number of nitrogens with one attached hydrogen (secondary N) is 1. The van der Waals surface area contributed by atoms with Crippen molar-refractivity contribution in [3.8, 4) is 0 Å². The number of sulfonamides is 1. The Kier molecular flexibility index (Phi) is 4.67. The Morgan fingerprint density at radius 3 is 2.22 bits per heavy atom. The maximum absolute atomic E-state index is 12.2. The van der Waals surface area contributed by atoms with Gasteiger partial charge in [-0.25, -0.2) is 13.1 Å². The van der Waals surface area contributed by atoms with Crippen LogP contribution in [0.2, 0.25) is 0 Å². The molecule has 0 amide bonds. The second kappa shape index (κ2) is 5.88. The fourth-order valence-corrected chi connectivity index (χ4v) is 5.02. The van der Waals surface area contributed by atoms with E-state index in [0.717, 1.165) is 38.5 Å². The number of hydrogen-bond acceptors (Lipinski definition) is 3. The van der Waals surface area contributed by atoms with Crippen molar-refractivity contribution in [2.75, 3.05) is 13.1 Å². The second-order valence-corrected chi connectivity index (χ2v) is 8.08. The van der Waals surface area contributed by atoms with Crippen LogP contribution < -0.4 is 10.5 Å². The van der Waals surface area contributed by atoms with Crippen LogP contribution in [0.25, 0.3) is 0 Å². The van der Waals surface area contributed by atoms with Crippen LogP contribution in [0.1, 0.15) is 57.8 Å². The fraction of sp³-hybridized carbons (Fsp3) is 1.00. The minimum Gasteiger partial charge on any atom is -0.330 e. The lowest BCUT2D eigenvalue weighted by atomic mass is 9.74.